The summed E-state index contributed by atoms with van der Waals surface area (Å²) < 4.78 is 0. The summed E-state index contributed by atoms with van der Waals surface area (Å²) in [7, 11) is 1.83. The number of halogens is 1. The van der Waals surface area contributed by atoms with Crippen LogP contribution in [0.5, 0.6) is 0 Å². The Morgan fingerprint density at radius 2 is 2.04 bits per heavy atom. The van der Waals surface area contributed by atoms with Gasteiger partial charge in [-0.1, -0.05) is 38.1 Å². The van der Waals surface area contributed by atoms with E-state index < -0.39 is 0 Å². The lowest BCUT2D eigenvalue weighted by molar-refractivity contribution is 0.773. The second-order valence-electron chi connectivity index (χ2n) is 7.02. The average Bonchev–Trinajstić information content (AvgIpc) is 3.26. The van der Waals surface area contributed by atoms with Crippen molar-refractivity contribution in [2.75, 3.05) is 13.6 Å². The van der Waals surface area contributed by atoms with Gasteiger partial charge in [0.2, 0.25) is 0 Å². The Kier molecular flexibility index (Phi) is 7.88. The van der Waals surface area contributed by atoms with E-state index in [0.717, 1.165) is 29.6 Å². The minimum atomic E-state index is 0. The molecule has 0 bridgehead atoms. The molecule has 1 aromatic heterocycles. The van der Waals surface area contributed by atoms with Crippen molar-refractivity contribution >= 4 is 41.3 Å². The van der Waals surface area contributed by atoms with E-state index >= 15 is 0 Å². The maximum atomic E-state index is 4.50. The van der Waals surface area contributed by atoms with E-state index in [1.54, 1.807) is 11.3 Å². The van der Waals surface area contributed by atoms with Crippen molar-refractivity contribution in [3.63, 3.8) is 0 Å². The van der Waals surface area contributed by atoms with Gasteiger partial charge in [0.25, 0.3) is 0 Å². The zero-order valence-electron chi connectivity index (χ0n) is 16.0. The quantitative estimate of drug-likeness (QED) is 0.362. The Hall–Kier alpha value is -1.15. The molecule has 142 valence electrons. The normalized spacial score (nSPS) is 19.2. The fourth-order valence-electron chi connectivity index (χ4n) is 3.05. The van der Waals surface area contributed by atoms with E-state index in [1.165, 1.54) is 17.5 Å². The number of aromatic nitrogens is 1. The molecule has 0 aliphatic heterocycles. The lowest BCUT2D eigenvalue weighted by Gasteiger charge is -2.12. The molecular weight excluding hydrogens is 455 g/mol. The number of guanidine groups is 1. The summed E-state index contributed by atoms with van der Waals surface area (Å²) in [6.07, 6.45) is 2.10. The molecule has 2 unspecified atom stereocenters. The summed E-state index contributed by atoms with van der Waals surface area (Å²) in [5.74, 6) is 2.07. The van der Waals surface area contributed by atoms with Crippen LogP contribution in [0, 0.1) is 6.92 Å². The molecule has 2 aromatic rings. The second kappa shape index (κ2) is 9.69. The molecule has 6 heteroatoms. The molecule has 1 fully saturated rings. The van der Waals surface area contributed by atoms with Crippen LogP contribution >= 0.6 is 35.3 Å². The van der Waals surface area contributed by atoms with E-state index in [1.807, 2.05) is 14.0 Å². The molecule has 2 N–H and O–H groups in total. The third kappa shape index (κ3) is 5.67. The number of thiazole rings is 1. The minimum absolute atomic E-state index is 0. The van der Waals surface area contributed by atoms with Gasteiger partial charge in [-0.2, -0.15) is 0 Å². The van der Waals surface area contributed by atoms with E-state index in [4.69, 9.17) is 0 Å². The molecule has 0 radical (unpaired) electrons. The summed E-state index contributed by atoms with van der Waals surface area (Å²) in [4.78, 5) is 8.84. The predicted octanol–water partition coefficient (Wildman–Crippen LogP) is 4.46. The third-order valence-electron chi connectivity index (χ3n) is 4.71. The van der Waals surface area contributed by atoms with Crippen molar-refractivity contribution < 1.29 is 0 Å². The first-order valence-corrected chi connectivity index (χ1v) is 9.93. The number of aryl methyl sites for hydroxylation is 1. The highest BCUT2D eigenvalue weighted by atomic mass is 127. The Morgan fingerprint density at radius 1 is 1.31 bits per heavy atom. The smallest absolute Gasteiger partial charge is 0.191 e. The molecule has 2 atom stereocenters. The molecule has 4 nitrogen and oxygen atoms in total. The van der Waals surface area contributed by atoms with Gasteiger partial charge in [-0.3, -0.25) is 4.99 Å². The van der Waals surface area contributed by atoms with Gasteiger partial charge in [-0.15, -0.1) is 35.3 Å². The van der Waals surface area contributed by atoms with Gasteiger partial charge in [-0.05, 0) is 30.4 Å². The van der Waals surface area contributed by atoms with Crippen molar-refractivity contribution in [3.8, 4) is 0 Å². The average molecular weight is 484 g/mol. The molecule has 1 aromatic carbocycles. The number of benzene rings is 1. The second-order valence-corrected chi connectivity index (χ2v) is 8.08. The van der Waals surface area contributed by atoms with Gasteiger partial charge in [0.15, 0.2) is 5.96 Å². The summed E-state index contributed by atoms with van der Waals surface area (Å²) in [6, 6.07) is 9.57. The maximum Gasteiger partial charge on any atom is 0.191 e. The number of hydrogen-bond acceptors (Lipinski definition) is 3. The highest BCUT2D eigenvalue weighted by molar-refractivity contribution is 14.0. The first-order valence-electron chi connectivity index (χ1n) is 9.05. The SMILES string of the molecule is CN=C(NCCc1csc(C)n1)NC1CC1c1ccc(C(C)C)cc1.I. The van der Waals surface area contributed by atoms with Crippen molar-refractivity contribution in [1.82, 2.24) is 15.6 Å². The molecular formula is C20H29IN4S. The molecule has 1 aliphatic carbocycles. The van der Waals surface area contributed by atoms with Gasteiger partial charge in [0.1, 0.15) is 0 Å². The van der Waals surface area contributed by atoms with Gasteiger partial charge in [0.05, 0.1) is 10.7 Å². The fourth-order valence-corrected chi connectivity index (χ4v) is 3.70. The van der Waals surface area contributed by atoms with E-state index in [-0.39, 0.29) is 24.0 Å². The van der Waals surface area contributed by atoms with Crippen LogP contribution in [0.3, 0.4) is 0 Å². The van der Waals surface area contributed by atoms with E-state index in [9.17, 15) is 0 Å². The van der Waals surface area contributed by atoms with Crippen LogP contribution in [0.4, 0.5) is 0 Å². The molecule has 1 saturated carbocycles. The fraction of sp³-hybridized carbons (Fsp3) is 0.500. The summed E-state index contributed by atoms with van der Waals surface area (Å²) in [5, 5.41) is 10.2. The van der Waals surface area contributed by atoms with Gasteiger partial charge < -0.3 is 10.6 Å². The van der Waals surface area contributed by atoms with E-state index in [2.05, 4.69) is 64.1 Å². The first-order chi connectivity index (χ1) is 12.1. The highest BCUT2D eigenvalue weighted by Gasteiger charge is 2.38. The van der Waals surface area contributed by atoms with Gasteiger partial charge >= 0.3 is 0 Å². The highest BCUT2D eigenvalue weighted by Crippen LogP contribution is 2.41. The van der Waals surface area contributed by atoms with Crippen LogP contribution in [-0.2, 0) is 6.42 Å². The Labute approximate surface area is 177 Å². The molecule has 3 rings (SSSR count). The zero-order chi connectivity index (χ0) is 17.8. The number of nitrogens with one attached hydrogen (secondary N) is 2. The van der Waals surface area contributed by atoms with Crippen LogP contribution in [0.15, 0.2) is 34.6 Å². The van der Waals surface area contributed by atoms with Crippen LogP contribution in [0.25, 0.3) is 0 Å². The largest absolute Gasteiger partial charge is 0.356 e. The lowest BCUT2D eigenvalue weighted by Crippen LogP contribution is -2.39. The molecule has 0 saturated heterocycles. The molecule has 26 heavy (non-hydrogen) atoms. The maximum absolute atomic E-state index is 4.50. The topological polar surface area (TPSA) is 49.3 Å². The zero-order valence-corrected chi connectivity index (χ0v) is 19.1. The lowest BCUT2D eigenvalue weighted by atomic mass is 10.0. The molecule has 1 heterocycles. The first kappa shape index (κ1) is 21.2. The Balaban J connectivity index is 0.00000243. The summed E-state index contributed by atoms with van der Waals surface area (Å²) in [5.41, 5.74) is 3.99. The number of hydrogen-bond donors (Lipinski definition) is 2. The summed E-state index contributed by atoms with van der Waals surface area (Å²) >= 11 is 1.71. The van der Waals surface area contributed by atoms with Crippen molar-refractivity contribution in [1.29, 1.82) is 0 Å². The predicted molar refractivity (Wildman–Crippen MR) is 122 cm³/mol. The number of nitrogens with zero attached hydrogens (tertiary/aromatic N) is 2. The Bertz CT molecular complexity index is 724. The number of rotatable bonds is 6. The van der Waals surface area contributed by atoms with Crippen LogP contribution in [0.1, 0.15) is 53.9 Å². The number of aliphatic imine (C=N–C) groups is 1. The molecule has 0 spiro atoms. The third-order valence-corrected chi connectivity index (χ3v) is 5.53. The summed E-state index contributed by atoms with van der Waals surface area (Å²) in [6.45, 7) is 7.37. The van der Waals surface area contributed by atoms with Gasteiger partial charge in [0, 0.05) is 37.4 Å². The van der Waals surface area contributed by atoms with E-state index in [0.29, 0.717) is 17.9 Å². The van der Waals surface area contributed by atoms with Crippen molar-refractivity contribution in [2.45, 2.75) is 51.5 Å². The van der Waals surface area contributed by atoms with Crippen LogP contribution in [0.2, 0.25) is 0 Å². The molecule has 1 aliphatic rings. The van der Waals surface area contributed by atoms with Crippen LogP contribution in [-0.4, -0.2) is 30.6 Å². The monoisotopic (exact) mass is 484 g/mol. The van der Waals surface area contributed by atoms with Crippen molar-refractivity contribution in [3.05, 3.63) is 51.5 Å². The minimum Gasteiger partial charge on any atom is -0.356 e. The Morgan fingerprint density at radius 3 is 2.62 bits per heavy atom. The standard InChI is InChI=1S/C20H28N4S.HI/c1-13(2)15-5-7-16(8-6-15)18-11-19(18)24-20(21-4)22-10-9-17-12-25-14(3)23-17;/h5-8,12-13,18-19H,9-11H2,1-4H3,(H2,21,22,24);1H. The van der Waals surface area contributed by atoms with Gasteiger partial charge in [-0.25, -0.2) is 4.98 Å². The molecule has 0 amide bonds. The van der Waals surface area contributed by atoms with Crippen molar-refractivity contribution in [2.24, 2.45) is 4.99 Å². The van der Waals surface area contributed by atoms with Crippen LogP contribution < -0.4 is 10.6 Å².